The maximum absolute atomic E-state index is 12.8. The first kappa shape index (κ1) is 25.4. The molecule has 1 amide bonds. The van der Waals surface area contributed by atoms with Crippen molar-refractivity contribution in [3.05, 3.63) is 81.2 Å². The summed E-state index contributed by atoms with van der Waals surface area (Å²) in [6.07, 6.45) is 0. The molecule has 0 spiro atoms. The SMILES string of the molecule is Cc1c(NC(=O)CNCc2ccccc2Cl)c(=O)n(-c2ccccc2)n1C.O=C(O)C(=O)O. The summed E-state index contributed by atoms with van der Waals surface area (Å²) in [5, 5.41) is 21.2. The number of carbonyl (C=O) groups excluding carboxylic acids is 1. The van der Waals surface area contributed by atoms with Crippen molar-refractivity contribution in [1.82, 2.24) is 14.7 Å². The Morgan fingerprint density at radius 2 is 1.55 bits per heavy atom. The van der Waals surface area contributed by atoms with Crippen molar-refractivity contribution in [3.63, 3.8) is 0 Å². The Bertz CT molecular complexity index is 1190. The van der Waals surface area contributed by atoms with Crippen molar-refractivity contribution in [2.45, 2.75) is 13.5 Å². The second kappa shape index (κ2) is 11.7. The van der Waals surface area contributed by atoms with Gasteiger partial charge in [0.2, 0.25) is 5.91 Å². The summed E-state index contributed by atoms with van der Waals surface area (Å²) in [5.74, 6) is -3.93. The second-order valence-electron chi connectivity index (χ2n) is 6.79. The van der Waals surface area contributed by atoms with Crippen molar-refractivity contribution in [3.8, 4) is 5.69 Å². The number of halogens is 1. The molecule has 174 valence electrons. The third-order valence-electron chi connectivity index (χ3n) is 4.56. The number of nitrogens with one attached hydrogen (secondary N) is 2. The average Bonchev–Trinajstić information content (AvgIpc) is 2.99. The summed E-state index contributed by atoms with van der Waals surface area (Å²) in [6, 6.07) is 16.7. The zero-order valence-corrected chi connectivity index (χ0v) is 18.7. The van der Waals surface area contributed by atoms with Gasteiger partial charge in [-0.05, 0) is 30.7 Å². The van der Waals surface area contributed by atoms with Gasteiger partial charge >= 0.3 is 11.9 Å². The summed E-state index contributed by atoms with van der Waals surface area (Å²) in [4.78, 5) is 43.3. The van der Waals surface area contributed by atoms with Crippen LogP contribution in [0.15, 0.2) is 59.4 Å². The van der Waals surface area contributed by atoms with Crippen LogP contribution in [0.25, 0.3) is 5.69 Å². The Kier molecular flexibility index (Phi) is 8.96. The minimum absolute atomic E-state index is 0.0737. The molecule has 11 heteroatoms. The number of hydrogen-bond donors (Lipinski definition) is 4. The van der Waals surface area contributed by atoms with Crippen LogP contribution in [0.1, 0.15) is 11.3 Å². The third-order valence-corrected chi connectivity index (χ3v) is 4.93. The highest BCUT2D eigenvalue weighted by atomic mass is 35.5. The molecule has 1 aromatic heterocycles. The maximum Gasteiger partial charge on any atom is 0.414 e. The van der Waals surface area contributed by atoms with Gasteiger partial charge in [-0.3, -0.25) is 14.3 Å². The molecule has 3 aromatic rings. The lowest BCUT2D eigenvalue weighted by Gasteiger charge is -2.07. The molecule has 0 saturated heterocycles. The Labute approximate surface area is 194 Å². The van der Waals surface area contributed by atoms with E-state index < -0.39 is 11.9 Å². The number of nitrogens with zero attached hydrogens (tertiary/aromatic N) is 2. The van der Waals surface area contributed by atoms with Crippen molar-refractivity contribution < 1.29 is 24.6 Å². The zero-order chi connectivity index (χ0) is 24.5. The lowest BCUT2D eigenvalue weighted by molar-refractivity contribution is -0.159. The molecule has 0 aliphatic rings. The molecule has 0 aliphatic carbocycles. The van der Waals surface area contributed by atoms with E-state index in [0.717, 1.165) is 11.3 Å². The Hall–Kier alpha value is -3.89. The van der Waals surface area contributed by atoms with Crippen molar-refractivity contribution in [1.29, 1.82) is 0 Å². The normalized spacial score (nSPS) is 10.2. The molecule has 10 nitrogen and oxygen atoms in total. The Balaban J connectivity index is 0.000000569. The molecule has 1 heterocycles. The van der Waals surface area contributed by atoms with Gasteiger partial charge in [0.05, 0.1) is 17.9 Å². The number of aromatic nitrogens is 2. The Morgan fingerprint density at radius 3 is 2.12 bits per heavy atom. The van der Waals surface area contributed by atoms with E-state index in [-0.39, 0.29) is 23.7 Å². The molecule has 0 atom stereocenters. The summed E-state index contributed by atoms with van der Waals surface area (Å²) in [5.41, 5.74) is 2.36. The first-order chi connectivity index (χ1) is 15.6. The van der Waals surface area contributed by atoms with Crippen molar-refractivity contribution in [2.24, 2.45) is 7.05 Å². The lowest BCUT2D eigenvalue weighted by atomic mass is 10.2. The zero-order valence-electron chi connectivity index (χ0n) is 17.9. The van der Waals surface area contributed by atoms with Crippen LogP contribution in [-0.4, -0.2) is 44.0 Å². The molecular formula is C22H23ClN4O6. The minimum atomic E-state index is -1.82. The number of carbonyl (C=O) groups is 3. The summed E-state index contributed by atoms with van der Waals surface area (Å²) >= 11 is 6.10. The molecule has 2 aromatic carbocycles. The highest BCUT2D eigenvalue weighted by Gasteiger charge is 2.17. The van der Waals surface area contributed by atoms with E-state index in [1.807, 2.05) is 48.5 Å². The molecule has 0 unspecified atom stereocenters. The van der Waals surface area contributed by atoms with Crippen LogP contribution in [0.5, 0.6) is 0 Å². The van der Waals surface area contributed by atoms with Crippen LogP contribution >= 0.6 is 11.6 Å². The predicted octanol–water partition coefficient (Wildman–Crippen LogP) is 2.02. The molecule has 0 radical (unpaired) electrons. The number of anilines is 1. The number of benzene rings is 2. The minimum Gasteiger partial charge on any atom is -0.473 e. The number of para-hydroxylation sites is 1. The van der Waals surface area contributed by atoms with Gasteiger partial charge in [0.1, 0.15) is 5.69 Å². The van der Waals surface area contributed by atoms with Crippen LogP contribution < -0.4 is 16.2 Å². The number of hydrogen-bond acceptors (Lipinski definition) is 5. The van der Waals surface area contributed by atoms with E-state index in [4.69, 9.17) is 31.4 Å². The molecule has 0 saturated carbocycles. The van der Waals surface area contributed by atoms with Crippen LogP contribution in [0.4, 0.5) is 5.69 Å². The second-order valence-corrected chi connectivity index (χ2v) is 7.20. The van der Waals surface area contributed by atoms with E-state index >= 15 is 0 Å². The van der Waals surface area contributed by atoms with E-state index in [9.17, 15) is 9.59 Å². The van der Waals surface area contributed by atoms with Crippen LogP contribution in [0.2, 0.25) is 5.02 Å². The third kappa shape index (κ3) is 6.79. The first-order valence-electron chi connectivity index (χ1n) is 9.67. The molecule has 33 heavy (non-hydrogen) atoms. The molecule has 0 bridgehead atoms. The fourth-order valence-corrected chi connectivity index (χ4v) is 3.05. The molecule has 0 aliphatic heterocycles. The summed E-state index contributed by atoms with van der Waals surface area (Å²) < 4.78 is 3.26. The lowest BCUT2D eigenvalue weighted by Crippen LogP contribution is -2.30. The van der Waals surface area contributed by atoms with Crippen LogP contribution in [0.3, 0.4) is 0 Å². The number of carboxylic acid groups (broad SMARTS) is 2. The van der Waals surface area contributed by atoms with Crippen LogP contribution in [0, 0.1) is 6.92 Å². The van der Waals surface area contributed by atoms with Crippen LogP contribution in [-0.2, 0) is 28.0 Å². The van der Waals surface area contributed by atoms with Gasteiger partial charge in [-0.1, -0.05) is 48.0 Å². The average molecular weight is 475 g/mol. The first-order valence-corrected chi connectivity index (χ1v) is 10.1. The fourth-order valence-electron chi connectivity index (χ4n) is 2.85. The largest absolute Gasteiger partial charge is 0.473 e. The van der Waals surface area contributed by atoms with E-state index in [0.29, 0.717) is 17.3 Å². The van der Waals surface area contributed by atoms with Gasteiger partial charge in [-0.25, -0.2) is 14.3 Å². The van der Waals surface area contributed by atoms with Gasteiger partial charge in [-0.15, -0.1) is 0 Å². The monoisotopic (exact) mass is 474 g/mol. The standard InChI is InChI=1S/C20H21ClN4O2.C2H2O4/c1-14-19(20(27)25(24(14)2)16-9-4-3-5-10-16)23-18(26)13-22-12-15-8-6-7-11-17(15)21;3-1(4)2(5)6/h3-11,22H,12-13H2,1-2H3,(H,23,26);(H,3,4)(H,5,6). The Morgan fingerprint density at radius 1 is 0.970 bits per heavy atom. The predicted molar refractivity (Wildman–Crippen MR) is 123 cm³/mol. The smallest absolute Gasteiger partial charge is 0.414 e. The van der Waals surface area contributed by atoms with Gasteiger partial charge in [0.25, 0.3) is 5.56 Å². The number of amides is 1. The fraction of sp³-hybridized carbons (Fsp3) is 0.182. The number of carboxylic acids is 2. The molecule has 0 fully saturated rings. The van der Waals surface area contributed by atoms with Crippen molar-refractivity contribution >= 4 is 35.1 Å². The summed E-state index contributed by atoms with van der Waals surface area (Å²) in [7, 11) is 1.79. The van der Waals surface area contributed by atoms with Gasteiger partial charge in [-0.2, -0.15) is 0 Å². The molecule has 4 N–H and O–H groups in total. The highest BCUT2D eigenvalue weighted by molar-refractivity contribution is 6.31. The van der Waals surface area contributed by atoms with E-state index in [2.05, 4.69) is 10.6 Å². The van der Waals surface area contributed by atoms with Gasteiger partial charge < -0.3 is 20.8 Å². The maximum atomic E-state index is 12.8. The topological polar surface area (TPSA) is 143 Å². The molecular weight excluding hydrogens is 452 g/mol. The summed E-state index contributed by atoms with van der Waals surface area (Å²) in [6.45, 7) is 2.34. The van der Waals surface area contributed by atoms with Crippen molar-refractivity contribution in [2.75, 3.05) is 11.9 Å². The van der Waals surface area contributed by atoms with E-state index in [1.54, 1.807) is 24.7 Å². The molecule has 3 rings (SSSR count). The highest BCUT2D eigenvalue weighted by Crippen LogP contribution is 2.15. The number of rotatable bonds is 6. The van der Waals surface area contributed by atoms with Gasteiger partial charge in [0, 0.05) is 18.6 Å². The quantitative estimate of drug-likeness (QED) is 0.400. The number of aliphatic carboxylic acids is 2. The van der Waals surface area contributed by atoms with Gasteiger partial charge in [0.15, 0.2) is 0 Å². The van der Waals surface area contributed by atoms with E-state index in [1.165, 1.54) is 4.68 Å².